The van der Waals surface area contributed by atoms with Crippen LogP contribution >= 0.6 is 12.8 Å². The fraction of sp³-hybridized carbons (Fsp3) is 0.200. The van der Waals surface area contributed by atoms with Crippen LogP contribution in [0.25, 0.3) is 0 Å². The lowest BCUT2D eigenvalue weighted by molar-refractivity contribution is -0.137. The van der Waals surface area contributed by atoms with Crippen LogP contribution < -0.4 is 19.8 Å². The van der Waals surface area contributed by atoms with Crippen molar-refractivity contribution in [3.8, 4) is 0 Å². The van der Waals surface area contributed by atoms with E-state index in [1.807, 2.05) is 0 Å². The fourth-order valence-corrected chi connectivity index (χ4v) is 3.48. The lowest BCUT2D eigenvalue weighted by atomic mass is 10.1. The Balaban J connectivity index is 1.58. The molecule has 0 atom stereocenters. The van der Waals surface area contributed by atoms with Crippen LogP contribution in [0.4, 0.5) is 39.4 Å². The van der Waals surface area contributed by atoms with Gasteiger partial charge in [0.25, 0.3) is 5.91 Å². The number of benzene rings is 3. The van der Waals surface area contributed by atoms with Gasteiger partial charge in [-0.25, -0.2) is 13.5 Å². The van der Waals surface area contributed by atoms with Crippen LogP contribution in [0.3, 0.4) is 0 Å². The van der Waals surface area contributed by atoms with E-state index in [4.69, 9.17) is 0 Å². The molecule has 0 aliphatic heterocycles. The van der Waals surface area contributed by atoms with Crippen molar-refractivity contribution in [2.45, 2.75) is 12.6 Å². The fourth-order valence-electron chi connectivity index (χ4n) is 3.28. The minimum absolute atomic E-state index is 0.0842. The molecule has 190 valence electrons. The molecule has 36 heavy (non-hydrogen) atoms. The summed E-state index contributed by atoms with van der Waals surface area (Å²) in [5.41, 5.74) is 0.742. The van der Waals surface area contributed by atoms with Gasteiger partial charge in [-0.2, -0.15) is 13.2 Å². The van der Waals surface area contributed by atoms with Gasteiger partial charge in [-0.1, -0.05) is 24.9 Å². The maximum Gasteiger partial charge on any atom is 0.416 e. The summed E-state index contributed by atoms with van der Waals surface area (Å²) in [6.45, 7) is 0.0842. The van der Waals surface area contributed by atoms with E-state index in [9.17, 15) is 27.2 Å². The molecule has 0 heterocycles. The molecule has 2 N–H and O–H groups in total. The van der Waals surface area contributed by atoms with Gasteiger partial charge in [0, 0.05) is 32.0 Å². The molecule has 3 aromatic rings. The summed E-state index contributed by atoms with van der Waals surface area (Å²) in [7, 11) is 3.30. The molecule has 0 unspecified atom stereocenters. The first-order valence-corrected chi connectivity index (χ1v) is 11.2. The number of carbonyl (C=O) groups is 2. The number of thiol groups is 1. The summed E-state index contributed by atoms with van der Waals surface area (Å²) in [6.07, 6.45) is -4.30. The molecule has 0 aliphatic carbocycles. The normalized spacial score (nSPS) is 11.1. The van der Waals surface area contributed by atoms with Crippen LogP contribution in [0.1, 0.15) is 21.5 Å². The number of anilines is 3. The molecule has 0 bridgehead atoms. The van der Waals surface area contributed by atoms with Crippen LogP contribution in [-0.4, -0.2) is 32.6 Å². The average molecular weight is 521 g/mol. The summed E-state index contributed by atoms with van der Waals surface area (Å²) in [5.74, 6) is -1.26. The minimum atomic E-state index is -4.48. The molecule has 11 heteroatoms. The standard InChI is InChI=1S/C25H24F4N4O2S/c1-32(2)20-14-16(13-17(15-20)25(27,28)29)11-12-30-24(35)33(36)19-9-7-18(8-10-19)31-23(34)21-5-3-4-6-22(21)26/h3-10,13-15,36H,11-12H2,1-2H3,(H,30,35)(H,31,34). The number of urea groups is 1. The van der Waals surface area contributed by atoms with E-state index >= 15 is 0 Å². The third-order valence-corrected chi connectivity index (χ3v) is 5.60. The molecular weight excluding hydrogens is 496 g/mol. The quantitative estimate of drug-likeness (QED) is 0.274. The summed E-state index contributed by atoms with van der Waals surface area (Å²) in [5, 5.41) is 5.18. The third-order valence-electron chi connectivity index (χ3n) is 5.19. The lowest BCUT2D eigenvalue weighted by Crippen LogP contribution is -2.35. The van der Waals surface area contributed by atoms with Crippen molar-refractivity contribution in [2.75, 3.05) is 35.2 Å². The van der Waals surface area contributed by atoms with Crippen molar-refractivity contribution in [1.82, 2.24) is 5.32 Å². The van der Waals surface area contributed by atoms with Gasteiger partial charge >= 0.3 is 12.2 Å². The molecule has 0 saturated carbocycles. The number of hydrogen-bond donors (Lipinski definition) is 3. The number of nitrogens with one attached hydrogen (secondary N) is 2. The van der Waals surface area contributed by atoms with E-state index in [2.05, 4.69) is 23.4 Å². The second-order valence-electron chi connectivity index (χ2n) is 8.05. The Bertz CT molecular complexity index is 1230. The zero-order chi connectivity index (χ0) is 26.5. The van der Waals surface area contributed by atoms with Crippen molar-refractivity contribution in [1.29, 1.82) is 0 Å². The van der Waals surface area contributed by atoms with E-state index in [1.54, 1.807) is 31.1 Å². The van der Waals surface area contributed by atoms with Gasteiger partial charge < -0.3 is 15.5 Å². The van der Waals surface area contributed by atoms with Gasteiger partial charge in [0.2, 0.25) is 0 Å². The van der Waals surface area contributed by atoms with Gasteiger partial charge in [-0.05, 0) is 66.6 Å². The first-order chi connectivity index (χ1) is 17.0. The predicted molar refractivity (Wildman–Crippen MR) is 135 cm³/mol. The Kier molecular flexibility index (Phi) is 8.46. The molecule has 6 nitrogen and oxygen atoms in total. The van der Waals surface area contributed by atoms with Crippen LogP contribution in [0.5, 0.6) is 0 Å². The average Bonchev–Trinajstić information content (AvgIpc) is 2.83. The third kappa shape index (κ3) is 6.91. The maximum atomic E-state index is 13.8. The molecule has 0 spiro atoms. The molecule has 0 fully saturated rings. The van der Waals surface area contributed by atoms with Crippen molar-refractivity contribution in [3.63, 3.8) is 0 Å². The SMILES string of the molecule is CN(C)c1cc(CCNC(=O)N(S)c2ccc(NC(=O)c3ccccc3F)cc2)cc(C(F)(F)F)c1. The minimum Gasteiger partial charge on any atom is -0.378 e. The molecule has 0 saturated heterocycles. The molecule has 0 aliphatic rings. The van der Waals surface area contributed by atoms with Crippen LogP contribution in [0.15, 0.2) is 66.7 Å². The van der Waals surface area contributed by atoms with Crippen molar-refractivity contribution >= 4 is 41.8 Å². The second-order valence-corrected chi connectivity index (χ2v) is 8.45. The molecule has 3 aromatic carbocycles. The van der Waals surface area contributed by atoms with Gasteiger partial charge in [0.05, 0.1) is 16.8 Å². The number of carbonyl (C=O) groups excluding carboxylic acids is 2. The zero-order valence-corrected chi connectivity index (χ0v) is 20.3. The Labute approximate surface area is 211 Å². The second kappa shape index (κ2) is 11.3. The molecule has 3 rings (SSSR count). The molecular formula is C25H24F4N4O2S. The first kappa shape index (κ1) is 26.9. The van der Waals surface area contributed by atoms with E-state index in [1.165, 1.54) is 42.5 Å². The highest BCUT2D eigenvalue weighted by Gasteiger charge is 2.31. The summed E-state index contributed by atoms with van der Waals surface area (Å²) < 4.78 is 54.4. The van der Waals surface area contributed by atoms with Gasteiger partial charge in [0.15, 0.2) is 0 Å². The number of halogens is 4. The zero-order valence-electron chi connectivity index (χ0n) is 19.4. The smallest absolute Gasteiger partial charge is 0.378 e. The van der Waals surface area contributed by atoms with Crippen molar-refractivity contribution < 1.29 is 27.2 Å². The van der Waals surface area contributed by atoms with Gasteiger partial charge in [0.1, 0.15) is 5.82 Å². The Hall–Kier alpha value is -3.73. The molecule has 0 radical (unpaired) electrons. The first-order valence-electron chi connectivity index (χ1n) is 10.8. The van der Waals surface area contributed by atoms with Crippen LogP contribution in [0.2, 0.25) is 0 Å². The highest BCUT2D eigenvalue weighted by molar-refractivity contribution is 7.82. The highest BCUT2D eigenvalue weighted by atomic mass is 32.1. The van der Waals surface area contributed by atoms with E-state index in [0.717, 1.165) is 16.4 Å². The van der Waals surface area contributed by atoms with Crippen molar-refractivity contribution in [2.24, 2.45) is 0 Å². The monoisotopic (exact) mass is 520 g/mol. The number of nitrogens with zero attached hydrogens (tertiary/aromatic N) is 2. The predicted octanol–water partition coefficient (Wildman–Crippen LogP) is 5.77. The van der Waals surface area contributed by atoms with Crippen LogP contribution in [0, 0.1) is 5.82 Å². The maximum absolute atomic E-state index is 13.8. The van der Waals surface area contributed by atoms with Crippen LogP contribution in [-0.2, 0) is 12.6 Å². The van der Waals surface area contributed by atoms with Gasteiger partial charge in [-0.15, -0.1) is 0 Å². The Morgan fingerprint density at radius 3 is 2.22 bits per heavy atom. The Morgan fingerprint density at radius 2 is 1.61 bits per heavy atom. The highest BCUT2D eigenvalue weighted by Crippen LogP contribution is 2.32. The van der Waals surface area contributed by atoms with Gasteiger partial charge in [-0.3, -0.25) is 4.79 Å². The molecule has 3 amide bonds. The van der Waals surface area contributed by atoms with E-state index in [-0.39, 0.29) is 18.5 Å². The Morgan fingerprint density at radius 1 is 0.944 bits per heavy atom. The largest absolute Gasteiger partial charge is 0.416 e. The van der Waals surface area contributed by atoms with E-state index < -0.39 is 29.5 Å². The number of rotatable bonds is 7. The van der Waals surface area contributed by atoms with Crippen molar-refractivity contribution in [3.05, 3.63) is 89.2 Å². The lowest BCUT2D eigenvalue weighted by Gasteiger charge is -2.19. The summed E-state index contributed by atoms with van der Waals surface area (Å²) >= 11 is 4.18. The number of alkyl halides is 3. The molecule has 0 aromatic heterocycles. The summed E-state index contributed by atoms with van der Waals surface area (Å²) in [6, 6.07) is 14.9. The number of hydrogen-bond acceptors (Lipinski definition) is 4. The van der Waals surface area contributed by atoms with E-state index in [0.29, 0.717) is 22.6 Å². The number of amides is 3. The topological polar surface area (TPSA) is 64.7 Å². The summed E-state index contributed by atoms with van der Waals surface area (Å²) in [4.78, 5) is 26.3.